The van der Waals surface area contributed by atoms with Crippen LogP contribution in [0.3, 0.4) is 0 Å². The van der Waals surface area contributed by atoms with Crippen LogP contribution in [0.5, 0.6) is 0 Å². The molecule has 6 atom stereocenters. The number of carbonyl (C=O) groups is 2. The standard InChI is InChI=1S/C36H43IO4/c1-22-25-11-12-28-34(4,26(25)19-27(38)30(22)39)16-18-36(6)29-20-33(3,14-13-32(29,2)15-17-35(28,36)5)31(40)41-21-23-7-9-24(37)10-8-23/h7-12,19,29,39H,13-18,20-21H2,1-6H3/t29-,32-,33-,34+,35-,36+/m1/s1. The van der Waals surface area contributed by atoms with Gasteiger partial charge in [-0.15, -0.1) is 0 Å². The maximum absolute atomic E-state index is 13.7. The minimum Gasteiger partial charge on any atom is -0.504 e. The van der Waals surface area contributed by atoms with Gasteiger partial charge in [0, 0.05) is 14.6 Å². The smallest absolute Gasteiger partial charge is 0.312 e. The minimum absolute atomic E-state index is 0.0149. The van der Waals surface area contributed by atoms with Crippen LogP contribution in [0.1, 0.15) is 92.1 Å². The fourth-order valence-corrected chi connectivity index (χ4v) is 9.91. The largest absolute Gasteiger partial charge is 0.504 e. The Morgan fingerprint density at radius 3 is 2.37 bits per heavy atom. The number of aliphatic hydroxyl groups is 1. The van der Waals surface area contributed by atoms with Crippen LogP contribution in [0.4, 0.5) is 0 Å². The summed E-state index contributed by atoms with van der Waals surface area (Å²) < 4.78 is 7.15. The van der Waals surface area contributed by atoms with Crippen molar-refractivity contribution in [3.63, 3.8) is 0 Å². The van der Waals surface area contributed by atoms with Gasteiger partial charge in [0.25, 0.3) is 0 Å². The van der Waals surface area contributed by atoms with Crippen molar-refractivity contribution in [3.05, 3.63) is 79.7 Å². The van der Waals surface area contributed by atoms with E-state index in [-0.39, 0.29) is 39.2 Å². The lowest BCUT2D eigenvalue weighted by molar-refractivity contribution is -0.183. The van der Waals surface area contributed by atoms with E-state index in [0.717, 1.165) is 61.7 Å². The van der Waals surface area contributed by atoms with Gasteiger partial charge in [0.2, 0.25) is 5.78 Å². The second-order valence-corrected chi connectivity index (χ2v) is 16.1. The van der Waals surface area contributed by atoms with Gasteiger partial charge in [0.05, 0.1) is 5.41 Å². The third-order valence-electron chi connectivity index (χ3n) is 12.6. The summed E-state index contributed by atoms with van der Waals surface area (Å²) in [6.07, 6.45) is 13.2. The highest BCUT2D eigenvalue weighted by Gasteiger charge is 2.67. The third kappa shape index (κ3) is 4.11. The van der Waals surface area contributed by atoms with Crippen molar-refractivity contribution in [2.45, 2.75) is 93.1 Å². The molecule has 0 saturated heterocycles. The van der Waals surface area contributed by atoms with Gasteiger partial charge in [-0.1, -0.05) is 57.6 Å². The van der Waals surface area contributed by atoms with E-state index < -0.39 is 5.41 Å². The average Bonchev–Trinajstić information content (AvgIpc) is 2.94. The van der Waals surface area contributed by atoms with Crippen molar-refractivity contribution in [1.82, 2.24) is 0 Å². The molecule has 0 amide bonds. The van der Waals surface area contributed by atoms with Crippen molar-refractivity contribution < 1.29 is 19.4 Å². The quantitative estimate of drug-likeness (QED) is 0.259. The zero-order valence-electron chi connectivity index (χ0n) is 25.3. The molecule has 1 N–H and O–H groups in total. The lowest BCUT2D eigenvalue weighted by Gasteiger charge is -2.70. The van der Waals surface area contributed by atoms with Gasteiger partial charge >= 0.3 is 5.97 Å². The summed E-state index contributed by atoms with van der Waals surface area (Å²) >= 11 is 2.29. The van der Waals surface area contributed by atoms with E-state index in [1.54, 1.807) is 6.08 Å². The average molecular weight is 667 g/mol. The maximum Gasteiger partial charge on any atom is 0.312 e. The summed E-state index contributed by atoms with van der Waals surface area (Å²) in [5.41, 5.74) is 4.61. The molecule has 0 aromatic heterocycles. The van der Waals surface area contributed by atoms with Crippen molar-refractivity contribution in [1.29, 1.82) is 0 Å². The van der Waals surface area contributed by atoms with Crippen molar-refractivity contribution in [2.75, 3.05) is 0 Å². The second kappa shape index (κ2) is 9.42. The summed E-state index contributed by atoms with van der Waals surface area (Å²) in [7, 11) is 0. The molecule has 6 rings (SSSR count). The topological polar surface area (TPSA) is 63.6 Å². The van der Waals surface area contributed by atoms with Crippen LogP contribution in [-0.4, -0.2) is 16.9 Å². The Labute approximate surface area is 258 Å². The van der Waals surface area contributed by atoms with Crippen molar-refractivity contribution in [3.8, 4) is 0 Å². The van der Waals surface area contributed by atoms with Gasteiger partial charge in [-0.3, -0.25) is 9.59 Å². The molecule has 5 aliphatic carbocycles. The van der Waals surface area contributed by atoms with E-state index in [0.29, 0.717) is 18.1 Å². The number of fused-ring (bicyclic) bond motifs is 7. The first-order valence-corrected chi connectivity index (χ1v) is 16.3. The fourth-order valence-electron chi connectivity index (χ4n) is 9.55. The molecule has 0 heterocycles. The summed E-state index contributed by atoms with van der Waals surface area (Å²) in [4.78, 5) is 26.5. The van der Waals surface area contributed by atoms with E-state index in [2.05, 4.69) is 81.5 Å². The molecular weight excluding hydrogens is 623 g/mol. The Kier molecular flexibility index (Phi) is 6.65. The van der Waals surface area contributed by atoms with Gasteiger partial charge in [0.1, 0.15) is 6.61 Å². The van der Waals surface area contributed by atoms with Crippen LogP contribution >= 0.6 is 22.6 Å². The molecule has 0 radical (unpaired) electrons. The van der Waals surface area contributed by atoms with Crippen LogP contribution in [-0.2, 0) is 20.9 Å². The number of esters is 1. The Hall–Kier alpha value is -2.15. The number of allylic oxidation sites excluding steroid dienone is 7. The molecule has 0 unspecified atom stereocenters. The minimum atomic E-state index is -0.499. The van der Waals surface area contributed by atoms with Crippen LogP contribution < -0.4 is 0 Å². The predicted octanol–water partition coefficient (Wildman–Crippen LogP) is 8.96. The number of benzene rings is 1. The molecule has 0 bridgehead atoms. The zero-order chi connectivity index (χ0) is 29.6. The van der Waals surface area contributed by atoms with Gasteiger partial charge in [0.15, 0.2) is 5.76 Å². The van der Waals surface area contributed by atoms with Gasteiger partial charge in [-0.2, -0.15) is 0 Å². The van der Waals surface area contributed by atoms with E-state index >= 15 is 0 Å². The molecule has 1 aromatic carbocycles. The van der Waals surface area contributed by atoms with Gasteiger partial charge in [-0.25, -0.2) is 0 Å². The molecule has 1 aromatic rings. The van der Waals surface area contributed by atoms with Crippen LogP contribution in [0, 0.1) is 36.6 Å². The number of carbonyl (C=O) groups excluding carboxylic acids is 2. The van der Waals surface area contributed by atoms with E-state index in [1.807, 2.05) is 19.1 Å². The van der Waals surface area contributed by atoms with Crippen LogP contribution in [0.25, 0.3) is 0 Å². The first kappa shape index (κ1) is 28.9. The number of hydrogen-bond donors (Lipinski definition) is 1. The molecule has 3 fully saturated rings. The third-order valence-corrected chi connectivity index (χ3v) is 13.4. The Morgan fingerprint density at radius 1 is 0.976 bits per heavy atom. The Bertz CT molecular complexity index is 1460. The number of hydrogen-bond acceptors (Lipinski definition) is 4. The van der Waals surface area contributed by atoms with Gasteiger partial charge < -0.3 is 9.84 Å². The number of ketones is 1. The first-order chi connectivity index (χ1) is 19.2. The first-order valence-electron chi connectivity index (χ1n) is 15.2. The summed E-state index contributed by atoms with van der Waals surface area (Å²) in [5.74, 6) is -0.0800. The lowest BCUT2D eigenvalue weighted by atomic mass is 9.34. The van der Waals surface area contributed by atoms with Crippen molar-refractivity contribution >= 4 is 34.3 Å². The molecular formula is C36H43IO4. The molecule has 3 saturated carbocycles. The molecule has 4 nitrogen and oxygen atoms in total. The number of aliphatic hydroxyl groups excluding tert-OH is 1. The molecule has 5 heteroatoms. The number of ether oxygens (including phenoxy) is 1. The van der Waals surface area contributed by atoms with E-state index in [1.165, 1.54) is 9.14 Å². The Balaban J connectivity index is 1.33. The SMILES string of the molecule is CC1=C(O)C(=O)C=C2C1=CC=C1[C@@]2(C)CC[C@@]2(C)[C@@H]3C[C@](C)(C(=O)OCc4ccc(I)cc4)CC[C@]3(C)CC[C@]12C. The number of rotatable bonds is 3. The summed E-state index contributed by atoms with van der Waals surface area (Å²) in [6.45, 7) is 14.1. The molecule has 5 aliphatic rings. The highest BCUT2D eigenvalue weighted by atomic mass is 127. The molecule has 218 valence electrons. The maximum atomic E-state index is 13.7. The van der Waals surface area contributed by atoms with Crippen LogP contribution in [0.15, 0.2) is 70.5 Å². The van der Waals surface area contributed by atoms with E-state index in [4.69, 9.17) is 4.74 Å². The predicted molar refractivity (Wildman–Crippen MR) is 170 cm³/mol. The van der Waals surface area contributed by atoms with Gasteiger partial charge in [-0.05, 0) is 138 Å². The monoisotopic (exact) mass is 666 g/mol. The molecule has 0 spiro atoms. The zero-order valence-corrected chi connectivity index (χ0v) is 27.5. The number of halogens is 1. The summed E-state index contributed by atoms with van der Waals surface area (Å²) in [6, 6.07) is 8.17. The highest BCUT2D eigenvalue weighted by molar-refractivity contribution is 14.1. The fraction of sp³-hybridized carbons (Fsp3) is 0.556. The molecule has 0 aliphatic heterocycles. The Morgan fingerprint density at radius 2 is 1.66 bits per heavy atom. The highest BCUT2D eigenvalue weighted by Crippen LogP contribution is 2.75. The van der Waals surface area contributed by atoms with Crippen LogP contribution in [0.2, 0.25) is 0 Å². The molecule has 41 heavy (non-hydrogen) atoms. The van der Waals surface area contributed by atoms with Crippen molar-refractivity contribution in [2.24, 2.45) is 33.0 Å². The second-order valence-electron chi connectivity index (χ2n) is 14.8. The summed E-state index contributed by atoms with van der Waals surface area (Å²) in [5, 5.41) is 10.4. The normalized spacial score (nSPS) is 39.8. The lowest BCUT2D eigenvalue weighted by Crippen LogP contribution is -2.62. The van der Waals surface area contributed by atoms with E-state index in [9.17, 15) is 14.7 Å².